The van der Waals surface area contributed by atoms with Crippen molar-refractivity contribution in [3.8, 4) is 21.8 Å². The number of hydrogen-bond donors (Lipinski definition) is 1. The van der Waals surface area contributed by atoms with Gasteiger partial charge in [0.05, 0.1) is 5.69 Å². The quantitative estimate of drug-likeness (QED) is 0.680. The number of hydrogen-bond acceptors (Lipinski definition) is 3. The minimum Gasteiger partial charge on any atom is -0.399 e. The Balaban J connectivity index is 0.000001000. The number of anilines is 1. The van der Waals surface area contributed by atoms with E-state index >= 15 is 0 Å². The zero-order valence-corrected chi connectivity index (χ0v) is 13.0. The van der Waals surface area contributed by atoms with Crippen molar-refractivity contribution in [2.75, 3.05) is 5.73 Å². The number of nitrogens with zero attached hydrogens (tertiary/aromatic N) is 1. The van der Waals surface area contributed by atoms with Crippen LogP contribution < -0.4 is 5.73 Å². The molecule has 2 aromatic carbocycles. The molecule has 0 atom stereocenters. The van der Waals surface area contributed by atoms with E-state index in [0.717, 1.165) is 27.5 Å². The lowest BCUT2D eigenvalue weighted by Gasteiger charge is -1.97. The molecule has 1 aromatic heterocycles. The molecule has 1 heterocycles. The van der Waals surface area contributed by atoms with Crippen LogP contribution in [0.1, 0.15) is 0 Å². The molecule has 0 saturated heterocycles. The van der Waals surface area contributed by atoms with Crippen LogP contribution in [0.15, 0.2) is 60.0 Å². The third-order valence-corrected chi connectivity index (χ3v) is 3.62. The molecule has 5 heteroatoms. The zero-order valence-electron chi connectivity index (χ0n) is 10.5. The fraction of sp³-hybridized carbons (Fsp3) is 0. The predicted octanol–water partition coefficient (Wildman–Crippen LogP) is 4.90. The molecule has 2 nitrogen and oxygen atoms in total. The summed E-state index contributed by atoms with van der Waals surface area (Å²) in [7, 11) is 0. The molecule has 0 saturated carbocycles. The molecule has 0 fully saturated rings. The van der Waals surface area contributed by atoms with Crippen molar-refractivity contribution in [3.05, 3.63) is 60.0 Å². The molecule has 0 amide bonds. The summed E-state index contributed by atoms with van der Waals surface area (Å²) in [5, 5.41) is 3.12. The van der Waals surface area contributed by atoms with E-state index in [9.17, 15) is 0 Å². The van der Waals surface area contributed by atoms with E-state index in [-0.39, 0.29) is 24.8 Å². The van der Waals surface area contributed by atoms with Crippen molar-refractivity contribution >= 4 is 41.8 Å². The highest BCUT2D eigenvalue weighted by Gasteiger charge is 2.05. The number of aromatic nitrogens is 1. The van der Waals surface area contributed by atoms with Crippen molar-refractivity contribution in [2.24, 2.45) is 0 Å². The summed E-state index contributed by atoms with van der Waals surface area (Å²) in [6.07, 6.45) is 0. The maximum atomic E-state index is 5.68. The van der Waals surface area contributed by atoms with Gasteiger partial charge in [0, 0.05) is 22.2 Å². The molecule has 0 unspecified atom stereocenters. The zero-order chi connectivity index (χ0) is 12.4. The van der Waals surface area contributed by atoms with Gasteiger partial charge in [0.2, 0.25) is 0 Å². The average Bonchev–Trinajstić information content (AvgIpc) is 2.90. The number of thiazole rings is 1. The van der Waals surface area contributed by atoms with Crippen molar-refractivity contribution < 1.29 is 0 Å². The summed E-state index contributed by atoms with van der Waals surface area (Å²) >= 11 is 1.66. The topological polar surface area (TPSA) is 38.9 Å². The fourth-order valence-electron chi connectivity index (χ4n) is 1.77. The Morgan fingerprint density at radius 3 is 2.10 bits per heavy atom. The average molecular weight is 325 g/mol. The largest absolute Gasteiger partial charge is 0.399 e. The summed E-state index contributed by atoms with van der Waals surface area (Å²) < 4.78 is 0. The molecule has 2 N–H and O–H groups in total. The molecule has 0 aliphatic heterocycles. The smallest absolute Gasteiger partial charge is 0.124 e. The first-order chi connectivity index (χ1) is 8.83. The van der Waals surface area contributed by atoms with E-state index in [2.05, 4.69) is 22.5 Å². The van der Waals surface area contributed by atoms with Gasteiger partial charge in [0.1, 0.15) is 5.01 Å². The summed E-state index contributed by atoms with van der Waals surface area (Å²) in [6.45, 7) is 0. The van der Waals surface area contributed by atoms with Crippen LogP contribution in [0.25, 0.3) is 21.8 Å². The molecule has 3 rings (SSSR count). The molecule has 104 valence electrons. The SMILES string of the molecule is Cl.Cl.Nc1ccc(-c2csc(-c3ccccc3)n2)cc1. The van der Waals surface area contributed by atoms with Crippen molar-refractivity contribution in [1.82, 2.24) is 4.98 Å². The number of halogens is 2. The van der Waals surface area contributed by atoms with E-state index in [1.54, 1.807) is 11.3 Å². The first-order valence-electron chi connectivity index (χ1n) is 5.70. The van der Waals surface area contributed by atoms with Gasteiger partial charge in [-0.3, -0.25) is 0 Å². The third kappa shape index (κ3) is 3.51. The second-order valence-corrected chi connectivity index (χ2v) is 4.88. The second-order valence-electron chi connectivity index (χ2n) is 4.03. The molecule has 0 aliphatic rings. The van der Waals surface area contributed by atoms with E-state index in [1.807, 2.05) is 42.5 Å². The van der Waals surface area contributed by atoms with Crippen LogP contribution in [-0.4, -0.2) is 4.98 Å². The van der Waals surface area contributed by atoms with E-state index < -0.39 is 0 Å². The number of nitrogen functional groups attached to an aromatic ring is 1. The molecule has 0 bridgehead atoms. The van der Waals surface area contributed by atoms with Gasteiger partial charge in [0.15, 0.2) is 0 Å². The van der Waals surface area contributed by atoms with Gasteiger partial charge < -0.3 is 5.73 Å². The Labute approximate surface area is 134 Å². The standard InChI is InChI=1S/C15H12N2S.2ClH/c16-13-8-6-11(7-9-13)14-10-18-15(17-14)12-4-2-1-3-5-12;;/h1-10H,16H2;2*1H. The first kappa shape index (κ1) is 16.5. The first-order valence-corrected chi connectivity index (χ1v) is 6.58. The molecule has 3 aromatic rings. The Hall–Kier alpha value is -1.55. The van der Waals surface area contributed by atoms with Gasteiger partial charge in [0.25, 0.3) is 0 Å². The van der Waals surface area contributed by atoms with Crippen LogP contribution in [0.2, 0.25) is 0 Å². The number of benzene rings is 2. The summed E-state index contributed by atoms with van der Waals surface area (Å²) in [4.78, 5) is 4.66. The Kier molecular flexibility index (Phi) is 6.02. The highest BCUT2D eigenvalue weighted by Crippen LogP contribution is 2.28. The van der Waals surface area contributed by atoms with Gasteiger partial charge >= 0.3 is 0 Å². The summed E-state index contributed by atoms with van der Waals surface area (Å²) in [5.41, 5.74) is 9.71. The Morgan fingerprint density at radius 2 is 1.45 bits per heavy atom. The lowest BCUT2D eigenvalue weighted by molar-refractivity contribution is 1.40. The maximum absolute atomic E-state index is 5.68. The summed E-state index contributed by atoms with van der Waals surface area (Å²) in [6, 6.07) is 18.0. The minimum atomic E-state index is 0. The molecule has 0 aliphatic carbocycles. The lowest BCUT2D eigenvalue weighted by Crippen LogP contribution is -1.84. The van der Waals surface area contributed by atoms with Crippen molar-refractivity contribution in [3.63, 3.8) is 0 Å². The Morgan fingerprint density at radius 1 is 0.800 bits per heavy atom. The van der Waals surface area contributed by atoms with Crippen LogP contribution in [0.4, 0.5) is 5.69 Å². The molecular weight excluding hydrogens is 311 g/mol. The number of nitrogens with two attached hydrogens (primary N) is 1. The maximum Gasteiger partial charge on any atom is 0.124 e. The summed E-state index contributed by atoms with van der Waals surface area (Å²) in [5.74, 6) is 0. The van der Waals surface area contributed by atoms with Gasteiger partial charge in [-0.15, -0.1) is 36.2 Å². The molecule has 20 heavy (non-hydrogen) atoms. The van der Waals surface area contributed by atoms with E-state index in [4.69, 9.17) is 5.73 Å². The van der Waals surface area contributed by atoms with Crippen LogP contribution in [-0.2, 0) is 0 Å². The van der Waals surface area contributed by atoms with Gasteiger partial charge in [-0.1, -0.05) is 42.5 Å². The van der Waals surface area contributed by atoms with Crippen LogP contribution in [0.5, 0.6) is 0 Å². The van der Waals surface area contributed by atoms with Gasteiger partial charge in [-0.25, -0.2) is 4.98 Å². The highest BCUT2D eigenvalue weighted by atomic mass is 35.5. The third-order valence-electron chi connectivity index (χ3n) is 2.73. The second kappa shape index (κ2) is 7.29. The van der Waals surface area contributed by atoms with Crippen molar-refractivity contribution in [2.45, 2.75) is 0 Å². The van der Waals surface area contributed by atoms with Crippen LogP contribution in [0.3, 0.4) is 0 Å². The fourth-order valence-corrected chi connectivity index (χ4v) is 2.61. The molecular formula is C15H14Cl2N2S. The monoisotopic (exact) mass is 324 g/mol. The van der Waals surface area contributed by atoms with Crippen LogP contribution in [0, 0.1) is 0 Å². The van der Waals surface area contributed by atoms with E-state index in [0.29, 0.717) is 0 Å². The van der Waals surface area contributed by atoms with Crippen LogP contribution >= 0.6 is 36.2 Å². The molecule has 0 radical (unpaired) electrons. The molecule has 0 spiro atoms. The van der Waals surface area contributed by atoms with Gasteiger partial charge in [-0.05, 0) is 12.1 Å². The number of rotatable bonds is 2. The van der Waals surface area contributed by atoms with Crippen molar-refractivity contribution in [1.29, 1.82) is 0 Å². The van der Waals surface area contributed by atoms with Gasteiger partial charge in [-0.2, -0.15) is 0 Å². The lowest BCUT2D eigenvalue weighted by atomic mass is 10.1. The minimum absolute atomic E-state index is 0. The Bertz CT molecular complexity index is 651. The van der Waals surface area contributed by atoms with E-state index in [1.165, 1.54) is 0 Å². The predicted molar refractivity (Wildman–Crippen MR) is 91.9 cm³/mol. The normalized spacial score (nSPS) is 9.40. The highest BCUT2D eigenvalue weighted by molar-refractivity contribution is 7.13.